The predicted molar refractivity (Wildman–Crippen MR) is 141 cm³/mol. The number of nitrogens with zero attached hydrogens (tertiary/aromatic N) is 1. The lowest BCUT2D eigenvalue weighted by Gasteiger charge is -2.35. The van der Waals surface area contributed by atoms with Crippen LogP contribution in [0.3, 0.4) is 0 Å². The van der Waals surface area contributed by atoms with E-state index in [0.29, 0.717) is 11.4 Å². The molecule has 0 saturated carbocycles. The summed E-state index contributed by atoms with van der Waals surface area (Å²) in [7, 11) is -3.89. The Balaban J connectivity index is 1.41. The van der Waals surface area contributed by atoms with Crippen molar-refractivity contribution in [1.29, 1.82) is 0 Å². The molecule has 2 aliphatic rings. The molecular formula is C29H32N2O4S. The predicted octanol–water partition coefficient (Wildman–Crippen LogP) is 5.02. The zero-order chi connectivity index (χ0) is 25.4. The largest absolute Gasteiger partial charge is 0.476 e. The van der Waals surface area contributed by atoms with E-state index in [9.17, 15) is 13.2 Å². The summed E-state index contributed by atoms with van der Waals surface area (Å²) in [5.74, 6) is 0.0509. The normalized spacial score (nSPS) is 18.0. The zero-order valence-corrected chi connectivity index (χ0v) is 21.8. The first-order valence-corrected chi connectivity index (χ1v) is 14.0. The summed E-state index contributed by atoms with van der Waals surface area (Å²) in [6.07, 6.45) is 3.62. The first-order chi connectivity index (χ1) is 17.2. The summed E-state index contributed by atoms with van der Waals surface area (Å²) in [6.45, 7) is 5.66. The van der Waals surface area contributed by atoms with E-state index in [1.54, 1.807) is 36.4 Å². The second-order valence-electron chi connectivity index (χ2n) is 9.89. The molecule has 188 valence electrons. The summed E-state index contributed by atoms with van der Waals surface area (Å²) in [6, 6.07) is 18.3. The van der Waals surface area contributed by atoms with Crippen LogP contribution in [0.25, 0.3) is 0 Å². The highest BCUT2D eigenvalue weighted by Crippen LogP contribution is 2.38. The van der Waals surface area contributed by atoms with Crippen LogP contribution < -0.4 is 14.4 Å². The number of benzene rings is 3. The van der Waals surface area contributed by atoms with Gasteiger partial charge in [0.2, 0.25) is 0 Å². The molecule has 2 atom stereocenters. The van der Waals surface area contributed by atoms with Crippen LogP contribution in [0.4, 0.5) is 5.69 Å². The molecule has 3 aromatic carbocycles. The van der Waals surface area contributed by atoms with Gasteiger partial charge >= 0.3 is 0 Å². The maximum atomic E-state index is 13.6. The van der Waals surface area contributed by atoms with Gasteiger partial charge in [0.05, 0.1) is 23.2 Å². The SMILES string of the molecule is Cc1ccc(S(=O)(=O)N2C[C@H](C(=O)N[C@@H](C)c3ccc4c(c3)CCCC4)Oc3cc(C)ccc32)cc1. The number of hydrogen-bond acceptors (Lipinski definition) is 4. The van der Waals surface area contributed by atoms with E-state index in [4.69, 9.17) is 4.74 Å². The second kappa shape index (κ2) is 9.62. The highest BCUT2D eigenvalue weighted by molar-refractivity contribution is 7.92. The molecule has 0 saturated heterocycles. The Bertz CT molecular complexity index is 1400. The van der Waals surface area contributed by atoms with Crippen LogP contribution in [0.2, 0.25) is 0 Å². The van der Waals surface area contributed by atoms with E-state index in [-0.39, 0.29) is 23.4 Å². The molecule has 0 fully saturated rings. The minimum absolute atomic E-state index is 0.102. The number of nitrogens with one attached hydrogen (secondary N) is 1. The van der Waals surface area contributed by atoms with Crippen LogP contribution in [-0.2, 0) is 27.7 Å². The Morgan fingerprint density at radius 2 is 1.64 bits per heavy atom. The van der Waals surface area contributed by atoms with Gasteiger partial charge in [0.25, 0.3) is 15.9 Å². The molecule has 6 nitrogen and oxygen atoms in total. The van der Waals surface area contributed by atoms with Crippen molar-refractivity contribution in [2.45, 2.75) is 63.5 Å². The van der Waals surface area contributed by atoms with Crippen molar-refractivity contribution < 1.29 is 17.9 Å². The van der Waals surface area contributed by atoms with E-state index in [1.807, 2.05) is 26.8 Å². The van der Waals surface area contributed by atoms with Gasteiger partial charge in [0.1, 0.15) is 5.75 Å². The van der Waals surface area contributed by atoms with Gasteiger partial charge < -0.3 is 10.1 Å². The number of amides is 1. The molecule has 7 heteroatoms. The van der Waals surface area contributed by atoms with Crippen LogP contribution in [0, 0.1) is 13.8 Å². The Hall–Kier alpha value is -3.32. The molecule has 36 heavy (non-hydrogen) atoms. The van der Waals surface area contributed by atoms with Gasteiger partial charge in [0, 0.05) is 0 Å². The Labute approximate surface area is 213 Å². The number of carbonyl (C=O) groups excluding carboxylic acids is 1. The number of fused-ring (bicyclic) bond motifs is 2. The maximum Gasteiger partial charge on any atom is 0.264 e. The molecule has 3 aromatic rings. The number of aryl methyl sites for hydroxylation is 4. The quantitative estimate of drug-likeness (QED) is 0.530. The summed E-state index contributed by atoms with van der Waals surface area (Å²) < 4.78 is 34.6. The van der Waals surface area contributed by atoms with Crippen molar-refractivity contribution >= 4 is 21.6 Å². The Morgan fingerprint density at radius 3 is 2.39 bits per heavy atom. The van der Waals surface area contributed by atoms with Crippen molar-refractivity contribution in [3.05, 3.63) is 88.5 Å². The lowest BCUT2D eigenvalue weighted by atomic mass is 9.89. The highest BCUT2D eigenvalue weighted by Gasteiger charge is 2.38. The number of rotatable bonds is 5. The zero-order valence-electron chi connectivity index (χ0n) is 21.0. The molecule has 5 rings (SSSR count). The van der Waals surface area contributed by atoms with Crippen molar-refractivity contribution in [2.24, 2.45) is 0 Å². The fourth-order valence-electron chi connectivity index (χ4n) is 4.98. The summed E-state index contributed by atoms with van der Waals surface area (Å²) in [5, 5.41) is 3.05. The Morgan fingerprint density at radius 1 is 0.944 bits per heavy atom. The fourth-order valence-corrected chi connectivity index (χ4v) is 6.45. The van der Waals surface area contributed by atoms with Crippen molar-refractivity contribution in [2.75, 3.05) is 10.8 Å². The standard InChI is InChI=1S/C29H32N2O4S/c1-19-8-13-25(14-9-19)36(33,34)31-18-28(35-27-16-20(2)10-15-26(27)31)29(32)30-21(3)23-12-11-22-6-4-5-7-24(22)17-23/h8-17,21,28H,4-7,18H2,1-3H3,(H,30,32)/t21-,28+/m0/s1. The fraction of sp³-hybridized carbons (Fsp3) is 0.345. The van der Waals surface area contributed by atoms with E-state index < -0.39 is 16.1 Å². The third kappa shape index (κ3) is 4.72. The van der Waals surface area contributed by atoms with Gasteiger partial charge in [-0.15, -0.1) is 0 Å². The number of ether oxygens (including phenoxy) is 1. The minimum atomic E-state index is -3.89. The van der Waals surface area contributed by atoms with Gasteiger partial charge in [-0.25, -0.2) is 8.42 Å². The van der Waals surface area contributed by atoms with E-state index in [2.05, 4.69) is 23.5 Å². The first kappa shape index (κ1) is 24.4. The number of carbonyl (C=O) groups is 1. The number of sulfonamides is 1. The van der Waals surface area contributed by atoms with Crippen LogP contribution >= 0.6 is 0 Å². The molecule has 0 bridgehead atoms. The van der Waals surface area contributed by atoms with Crippen molar-refractivity contribution in [1.82, 2.24) is 5.32 Å². The molecule has 1 aliphatic heterocycles. The summed E-state index contributed by atoms with van der Waals surface area (Å²) in [5.41, 5.74) is 6.12. The highest BCUT2D eigenvalue weighted by atomic mass is 32.2. The average Bonchev–Trinajstić information content (AvgIpc) is 2.87. The van der Waals surface area contributed by atoms with Crippen LogP contribution in [0.15, 0.2) is 65.6 Å². The second-order valence-corrected chi connectivity index (χ2v) is 11.8. The third-order valence-electron chi connectivity index (χ3n) is 7.12. The van der Waals surface area contributed by atoms with Gasteiger partial charge in [0.15, 0.2) is 6.10 Å². The van der Waals surface area contributed by atoms with Crippen LogP contribution in [0.1, 0.15) is 53.6 Å². The number of anilines is 1. The monoisotopic (exact) mass is 504 g/mol. The Kier molecular flexibility index (Phi) is 6.51. The smallest absolute Gasteiger partial charge is 0.264 e. The molecule has 1 N–H and O–H groups in total. The van der Waals surface area contributed by atoms with Gasteiger partial charge in [-0.3, -0.25) is 9.10 Å². The van der Waals surface area contributed by atoms with Gasteiger partial charge in [-0.1, -0.05) is 42.0 Å². The third-order valence-corrected chi connectivity index (χ3v) is 8.91. The summed E-state index contributed by atoms with van der Waals surface area (Å²) in [4.78, 5) is 13.5. The topological polar surface area (TPSA) is 75.7 Å². The molecule has 1 aliphatic carbocycles. The molecule has 0 spiro atoms. The first-order valence-electron chi connectivity index (χ1n) is 12.5. The molecule has 0 aromatic heterocycles. The molecular weight excluding hydrogens is 472 g/mol. The van der Waals surface area contributed by atoms with Crippen LogP contribution in [0.5, 0.6) is 5.75 Å². The summed E-state index contributed by atoms with van der Waals surface area (Å²) >= 11 is 0. The van der Waals surface area contributed by atoms with E-state index >= 15 is 0 Å². The molecule has 1 amide bonds. The lowest BCUT2D eigenvalue weighted by molar-refractivity contribution is -0.128. The number of hydrogen-bond donors (Lipinski definition) is 1. The lowest BCUT2D eigenvalue weighted by Crippen LogP contribution is -2.51. The van der Waals surface area contributed by atoms with Gasteiger partial charge in [-0.05, 0) is 93.0 Å². The van der Waals surface area contributed by atoms with Crippen molar-refractivity contribution in [3.8, 4) is 5.75 Å². The minimum Gasteiger partial charge on any atom is -0.476 e. The van der Waals surface area contributed by atoms with E-state index in [0.717, 1.165) is 29.5 Å². The van der Waals surface area contributed by atoms with Gasteiger partial charge in [-0.2, -0.15) is 0 Å². The maximum absolute atomic E-state index is 13.6. The van der Waals surface area contributed by atoms with Crippen LogP contribution in [-0.4, -0.2) is 27.0 Å². The molecule has 0 radical (unpaired) electrons. The van der Waals surface area contributed by atoms with E-state index in [1.165, 1.54) is 28.3 Å². The average molecular weight is 505 g/mol. The molecule has 0 unspecified atom stereocenters. The van der Waals surface area contributed by atoms with Crippen molar-refractivity contribution in [3.63, 3.8) is 0 Å². The molecule has 1 heterocycles.